The number of hydrogen-bond acceptors (Lipinski definition) is 8. The molecule has 9 heteroatoms. The number of methoxy groups -OCH3 is 2. The molecule has 1 aromatic carbocycles. The molecule has 2 heterocycles. The van der Waals surface area contributed by atoms with Gasteiger partial charge >= 0.3 is 0 Å². The van der Waals surface area contributed by atoms with Gasteiger partial charge in [0.15, 0.2) is 11.5 Å². The molecule has 1 aliphatic heterocycles. The van der Waals surface area contributed by atoms with Crippen LogP contribution in [-0.4, -0.2) is 61.0 Å². The van der Waals surface area contributed by atoms with Crippen molar-refractivity contribution in [2.24, 2.45) is 11.1 Å². The Bertz CT molecular complexity index is 868. The van der Waals surface area contributed by atoms with E-state index in [1.807, 2.05) is 12.1 Å². The van der Waals surface area contributed by atoms with Crippen molar-refractivity contribution in [1.82, 2.24) is 9.88 Å². The molecule has 0 atom stereocenters. The third-order valence-corrected chi connectivity index (χ3v) is 5.22. The summed E-state index contributed by atoms with van der Waals surface area (Å²) in [6, 6.07) is 9.31. The third-order valence-electron chi connectivity index (χ3n) is 5.22. The summed E-state index contributed by atoms with van der Waals surface area (Å²) in [5.41, 5.74) is 1.55. The molecular weight excluding hydrogens is 422 g/mol. The van der Waals surface area contributed by atoms with Crippen LogP contribution in [0.15, 0.2) is 41.7 Å². The molecule has 0 radical (unpaired) electrons. The molecule has 0 aliphatic carbocycles. The molecule has 0 saturated carbocycles. The number of likely N-dealkylation sites (tertiary alicyclic amines) is 1. The molecule has 1 aliphatic rings. The number of ketones is 1. The van der Waals surface area contributed by atoms with Crippen LogP contribution in [0.25, 0.3) is 0 Å². The van der Waals surface area contributed by atoms with Crippen LogP contribution in [-0.2, 0) is 6.54 Å². The summed E-state index contributed by atoms with van der Waals surface area (Å²) in [5, 5.41) is 11.1. The minimum atomic E-state index is -0.404. The number of aromatic nitrogens is 1. The summed E-state index contributed by atoms with van der Waals surface area (Å²) in [7, 11) is 3.29. The van der Waals surface area contributed by atoms with Gasteiger partial charge in [0.1, 0.15) is 6.21 Å². The lowest BCUT2D eigenvalue weighted by Gasteiger charge is -2.31. The highest BCUT2D eigenvalue weighted by Crippen LogP contribution is 2.29. The van der Waals surface area contributed by atoms with Crippen LogP contribution in [0.1, 0.15) is 28.8 Å². The predicted octanol–water partition coefficient (Wildman–Crippen LogP) is 3.45. The molecule has 3 rings (SSSR count). The second-order valence-corrected chi connectivity index (χ2v) is 7.21. The Kier molecular flexibility index (Phi) is 9.55. The van der Waals surface area contributed by atoms with Gasteiger partial charge < -0.3 is 19.4 Å². The molecule has 31 heavy (non-hydrogen) atoms. The molecule has 1 fully saturated rings. The molecule has 1 saturated heterocycles. The standard InChI is InChI=1S/C22H27N3O5.ClH/c1-28-20-5-3-17(11-21(20)29-2)14-25-9-7-16(8-10-25)15-30-22-6-4-18(12-23-22)19(26)13-24-27;/h3-6,11-13,16,27H,7-10,14-15H2,1-2H3;1H/b24-13+;. The molecule has 8 nitrogen and oxygen atoms in total. The van der Waals surface area contributed by atoms with Gasteiger partial charge in [0.05, 0.1) is 20.8 Å². The summed E-state index contributed by atoms with van der Waals surface area (Å²) < 4.78 is 16.5. The predicted molar refractivity (Wildman–Crippen MR) is 119 cm³/mol. The molecule has 0 unspecified atom stereocenters. The number of benzene rings is 1. The molecule has 2 aromatic rings. The Labute approximate surface area is 188 Å². The van der Waals surface area contributed by atoms with Crippen molar-refractivity contribution in [2.75, 3.05) is 33.9 Å². The highest BCUT2D eigenvalue weighted by Gasteiger charge is 2.20. The number of hydrogen-bond donors (Lipinski definition) is 1. The van der Waals surface area contributed by atoms with Gasteiger partial charge in [-0.25, -0.2) is 4.98 Å². The maximum absolute atomic E-state index is 11.6. The van der Waals surface area contributed by atoms with Gasteiger partial charge in [0.2, 0.25) is 11.7 Å². The summed E-state index contributed by atoms with van der Waals surface area (Å²) in [4.78, 5) is 18.2. The van der Waals surface area contributed by atoms with Crippen LogP contribution in [0.3, 0.4) is 0 Å². The molecule has 1 aromatic heterocycles. The number of Topliss-reactive ketones (excluding diaryl/α,β-unsaturated/α-hetero) is 1. The fourth-order valence-corrected chi connectivity index (χ4v) is 3.49. The average molecular weight is 450 g/mol. The SMILES string of the molecule is COc1ccc(CN2CCC(COc3ccc(C(=O)/C=N/O)cn3)CC2)cc1OC.Cl. The smallest absolute Gasteiger partial charge is 0.213 e. The third kappa shape index (κ3) is 6.83. The average Bonchev–Trinajstić information content (AvgIpc) is 2.79. The van der Waals surface area contributed by atoms with Crippen LogP contribution < -0.4 is 14.2 Å². The first-order valence-corrected chi connectivity index (χ1v) is 9.86. The zero-order valence-corrected chi connectivity index (χ0v) is 18.5. The van der Waals surface area contributed by atoms with Crippen LogP contribution in [0.2, 0.25) is 0 Å². The Balaban J connectivity index is 0.00000341. The monoisotopic (exact) mass is 449 g/mol. The fraction of sp³-hybridized carbons (Fsp3) is 0.409. The first-order valence-electron chi connectivity index (χ1n) is 9.86. The van der Waals surface area contributed by atoms with Crippen molar-refractivity contribution in [3.05, 3.63) is 47.7 Å². The van der Waals surface area contributed by atoms with E-state index in [-0.39, 0.29) is 12.4 Å². The highest BCUT2D eigenvalue weighted by molar-refractivity contribution is 6.35. The quantitative estimate of drug-likeness (QED) is 0.271. The summed E-state index contributed by atoms with van der Waals surface area (Å²) >= 11 is 0. The Morgan fingerprint density at radius 2 is 1.94 bits per heavy atom. The lowest BCUT2D eigenvalue weighted by atomic mass is 9.97. The number of halogens is 1. The lowest BCUT2D eigenvalue weighted by molar-refractivity contribution is 0.106. The zero-order chi connectivity index (χ0) is 21.3. The minimum Gasteiger partial charge on any atom is -0.493 e. The van der Waals surface area contributed by atoms with Gasteiger partial charge in [-0.05, 0) is 55.6 Å². The number of pyridine rings is 1. The van der Waals surface area contributed by atoms with Crippen molar-refractivity contribution < 1.29 is 24.2 Å². The molecular formula is C22H28ClN3O5. The van der Waals surface area contributed by atoms with E-state index < -0.39 is 5.78 Å². The second-order valence-electron chi connectivity index (χ2n) is 7.21. The number of rotatable bonds is 9. The number of piperidine rings is 1. The van der Waals surface area contributed by atoms with Gasteiger partial charge in [-0.15, -0.1) is 12.4 Å². The first-order chi connectivity index (χ1) is 14.6. The number of ether oxygens (including phenoxy) is 3. The number of nitrogens with zero attached hydrogens (tertiary/aromatic N) is 3. The molecule has 1 N–H and O–H groups in total. The minimum absolute atomic E-state index is 0. The van der Waals surface area contributed by atoms with Gasteiger partial charge in [-0.3, -0.25) is 9.69 Å². The van der Waals surface area contributed by atoms with Crippen molar-refractivity contribution in [3.8, 4) is 17.4 Å². The van der Waals surface area contributed by atoms with Crippen LogP contribution >= 0.6 is 12.4 Å². The van der Waals surface area contributed by atoms with Crippen LogP contribution in [0, 0.1) is 5.92 Å². The van der Waals surface area contributed by atoms with E-state index in [9.17, 15) is 4.79 Å². The zero-order valence-electron chi connectivity index (χ0n) is 17.7. The summed E-state index contributed by atoms with van der Waals surface area (Å²) in [5.74, 6) is 2.04. The van der Waals surface area contributed by atoms with E-state index in [0.717, 1.165) is 50.2 Å². The van der Waals surface area contributed by atoms with Crippen molar-refractivity contribution in [2.45, 2.75) is 19.4 Å². The van der Waals surface area contributed by atoms with Gasteiger partial charge in [-0.2, -0.15) is 0 Å². The van der Waals surface area contributed by atoms with Gasteiger partial charge in [0.25, 0.3) is 0 Å². The molecule has 0 spiro atoms. The van der Waals surface area contributed by atoms with Crippen molar-refractivity contribution >= 4 is 24.4 Å². The molecule has 0 amide bonds. The number of oxime groups is 1. The van der Waals surface area contributed by atoms with Gasteiger partial charge in [0, 0.05) is 24.4 Å². The van der Waals surface area contributed by atoms with Crippen molar-refractivity contribution in [3.63, 3.8) is 0 Å². The lowest BCUT2D eigenvalue weighted by Crippen LogP contribution is -2.35. The maximum Gasteiger partial charge on any atom is 0.213 e. The highest BCUT2D eigenvalue weighted by atomic mass is 35.5. The summed E-state index contributed by atoms with van der Waals surface area (Å²) in [6.07, 6.45) is 4.37. The van der Waals surface area contributed by atoms with Crippen LogP contribution in [0.4, 0.5) is 0 Å². The molecule has 168 valence electrons. The van der Waals surface area contributed by atoms with Crippen molar-refractivity contribution in [1.29, 1.82) is 0 Å². The Hall–Kier alpha value is -2.84. The Morgan fingerprint density at radius 3 is 2.55 bits per heavy atom. The van der Waals surface area contributed by atoms with E-state index in [0.29, 0.717) is 24.0 Å². The molecule has 0 bridgehead atoms. The topological polar surface area (TPSA) is 93.5 Å². The van der Waals surface area contributed by atoms with E-state index >= 15 is 0 Å². The fourth-order valence-electron chi connectivity index (χ4n) is 3.49. The van der Waals surface area contributed by atoms with Crippen LogP contribution in [0.5, 0.6) is 17.4 Å². The van der Waals surface area contributed by atoms with E-state index in [1.54, 1.807) is 26.4 Å². The van der Waals surface area contributed by atoms with E-state index in [1.165, 1.54) is 11.8 Å². The number of carbonyl (C=O) groups excluding carboxylic acids is 1. The second kappa shape index (κ2) is 12.1. The summed E-state index contributed by atoms with van der Waals surface area (Å²) in [6.45, 7) is 3.48. The van der Waals surface area contributed by atoms with E-state index in [2.05, 4.69) is 21.1 Å². The largest absolute Gasteiger partial charge is 0.493 e. The normalized spacial score (nSPS) is 14.8. The maximum atomic E-state index is 11.6. The number of carbonyl (C=O) groups is 1. The van der Waals surface area contributed by atoms with E-state index in [4.69, 9.17) is 19.4 Å². The first kappa shape index (κ1) is 24.4. The Morgan fingerprint density at radius 1 is 1.19 bits per heavy atom. The van der Waals surface area contributed by atoms with Gasteiger partial charge in [-0.1, -0.05) is 11.2 Å².